The molecule has 5 heteroatoms. The summed E-state index contributed by atoms with van der Waals surface area (Å²) in [4.78, 5) is 12.6. The molecule has 0 radical (unpaired) electrons. The third-order valence-corrected chi connectivity index (χ3v) is 4.05. The zero-order valence-corrected chi connectivity index (χ0v) is 12.8. The molecule has 21 heavy (non-hydrogen) atoms. The smallest absolute Gasteiger partial charge is 0.194 e. The van der Waals surface area contributed by atoms with Gasteiger partial charge in [-0.25, -0.2) is 0 Å². The quantitative estimate of drug-likeness (QED) is 0.796. The minimum Gasteiger partial charge on any atom is -0.495 e. The maximum Gasteiger partial charge on any atom is 0.194 e. The minimum atomic E-state index is -0.167. The maximum absolute atomic E-state index is 12.6. The van der Waals surface area contributed by atoms with Gasteiger partial charge in [-0.15, -0.1) is 0 Å². The number of ketones is 1. The van der Waals surface area contributed by atoms with Crippen LogP contribution in [0.4, 0.5) is 0 Å². The number of carbonyl (C=O) groups is 1. The zero-order chi connectivity index (χ0) is 15.0. The normalized spacial score (nSPS) is 12.7. The number of carbonyl (C=O) groups excluding carboxylic acids is 1. The Balaban J connectivity index is 2.01. The molecule has 2 aromatic carbocycles. The second-order valence-corrected chi connectivity index (χ2v) is 5.53. The Bertz CT molecular complexity index is 726. The molecule has 0 aromatic heterocycles. The van der Waals surface area contributed by atoms with E-state index in [1.165, 1.54) is 13.2 Å². The Labute approximate surface area is 132 Å². The Morgan fingerprint density at radius 3 is 2.76 bits per heavy atom. The van der Waals surface area contributed by atoms with E-state index in [9.17, 15) is 4.79 Å². The first kappa shape index (κ1) is 14.2. The van der Waals surface area contributed by atoms with Crippen molar-refractivity contribution in [3.05, 3.63) is 57.1 Å². The Hall–Kier alpha value is -1.71. The molecule has 0 fully saturated rings. The molecule has 3 rings (SSSR count). The molecule has 0 spiro atoms. The first-order valence-electron chi connectivity index (χ1n) is 6.43. The fourth-order valence-corrected chi connectivity index (χ4v) is 2.82. The van der Waals surface area contributed by atoms with Crippen molar-refractivity contribution in [1.29, 1.82) is 0 Å². The van der Waals surface area contributed by atoms with Gasteiger partial charge in [0.25, 0.3) is 0 Å². The molecular formula is C16H12Cl2O3. The number of hydrogen-bond acceptors (Lipinski definition) is 3. The highest BCUT2D eigenvalue weighted by Crippen LogP contribution is 2.33. The first-order chi connectivity index (χ1) is 10.1. The summed E-state index contributed by atoms with van der Waals surface area (Å²) in [6.07, 6.45) is 0.813. The third kappa shape index (κ3) is 2.59. The summed E-state index contributed by atoms with van der Waals surface area (Å²) >= 11 is 12.2. The molecule has 0 aliphatic carbocycles. The average Bonchev–Trinajstić information content (AvgIpc) is 2.95. The highest BCUT2D eigenvalue weighted by molar-refractivity contribution is 6.37. The van der Waals surface area contributed by atoms with Crippen LogP contribution < -0.4 is 9.47 Å². The van der Waals surface area contributed by atoms with Gasteiger partial charge in [0.05, 0.1) is 23.8 Å². The van der Waals surface area contributed by atoms with Crippen LogP contribution in [0.1, 0.15) is 21.5 Å². The molecule has 0 saturated carbocycles. The summed E-state index contributed by atoms with van der Waals surface area (Å²) < 4.78 is 10.5. The summed E-state index contributed by atoms with van der Waals surface area (Å²) in [5.74, 6) is 1.12. The van der Waals surface area contributed by atoms with E-state index >= 15 is 0 Å². The van der Waals surface area contributed by atoms with Gasteiger partial charge in [-0.1, -0.05) is 23.2 Å². The molecule has 0 bridgehead atoms. The van der Waals surface area contributed by atoms with Crippen LogP contribution in [0.15, 0.2) is 30.3 Å². The maximum atomic E-state index is 12.6. The van der Waals surface area contributed by atoms with Gasteiger partial charge in [0.1, 0.15) is 11.5 Å². The Morgan fingerprint density at radius 2 is 2.00 bits per heavy atom. The molecule has 1 aliphatic heterocycles. The van der Waals surface area contributed by atoms with Crippen LogP contribution in [0.2, 0.25) is 10.0 Å². The SMILES string of the molecule is COc1cc(Cl)c(C(=O)c2ccc3c(c2)CCO3)cc1Cl. The van der Waals surface area contributed by atoms with Crippen molar-refractivity contribution in [3.8, 4) is 11.5 Å². The summed E-state index contributed by atoms with van der Waals surface area (Å²) in [7, 11) is 1.50. The molecule has 0 amide bonds. The van der Waals surface area contributed by atoms with Crippen molar-refractivity contribution < 1.29 is 14.3 Å². The second kappa shape index (κ2) is 5.58. The molecule has 1 heterocycles. The van der Waals surface area contributed by atoms with E-state index in [0.29, 0.717) is 33.5 Å². The predicted molar refractivity (Wildman–Crippen MR) is 82.1 cm³/mol. The molecule has 0 unspecified atom stereocenters. The van der Waals surface area contributed by atoms with Gasteiger partial charge in [-0.2, -0.15) is 0 Å². The van der Waals surface area contributed by atoms with Crippen LogP contribution in [0, 0.1) is 0 Å². The lowest BCUT2D eigenvalue weighted by molar-refractivity contribution is 0.103. The van der Waals surface area contributed by atoms with E-state index in [0.717, 1.165) is 17.7 Å². The Morgan fingerprint density at radius 1 is 1.19 bits per heavy atom. The number of hydrogen-bond donors (Lipinski definition) is 0. The molecule has 0 atom stereocenters. The highest BCUT2D eigenvalue weighted by atomic mass is 35.5. The van der Waals surface area contributed by atoms with Crippen molar-refractivity contribution in [2.45, 2.75) is 6.42 Å². The fraction of sp³-hybridized carbons (Fsp3) is 0.188. The van der Waals surface area contributed by atoms with E-state index < -0.39 is 0 Å². The van der Waals surface area contributed by atoms with Crippen LogP contribution in [0.3, 0.4) is 0 Å². The molecule has 0 N–H and O–H groups in total. The summed E-state index contributed by atoms with van der Waals surface area (Å²) in [5, 5.41) is 0.674. The first-order valence-corrected chi connectivity index (χ1v) is 7.19. The monoisotopic (exact) mass is 322 g/mol. The highest BCUT2D eigenvalue weighted by Gasteiger charge is 2.19. The van der Waals surface area contributed by atoms with Crippen LogP contribution in [0.5, 0.6) is 11.5 Å². The van der Waals surface area contributed by atoms with Gasteiger partial charge in [0.2, 0.25) is 0 Å². The van der Waals surface area contributed by atoms with Crippen molar-refractivity contribution in [2.75, 3.05) is 13.7 Å². The van der Waals surface area contributed by atoms with Gasteiger partial charge in [0.15, 0.2) is 5.78 Å². The number of fused-ring (bicyclic) bond motifs is 1. The average molecular weight is 323 g/mol. The largest absolute Gasteiger partial charge is 0.495 e. The Kier molecular flexibility index (Phi) is 3.79. The lowest BCUT2D eigenvalue weighted by atomic mass is 10.00. The fourth-order valence-electron chi connectivity index (χ4n) is 2.34. The molecular weight excluding hydrogens is 311 g/mol. The molecule has 0 saturated heterocycles. The zero-order valence-electron chi connectivity index (χ0n) is 11.3. The van der Waals surface area contributed by atoms with Crippen molar-refractivity contribution >= 4 is 29.0 Å². The third-order valence-electron chi connectivity index (χ3n) is 3.44. The molecule has 2 aromatic rings. The van der Waals surface area contributed by atoms with Crippen LogP contribution >= 0.6 is 23.2 Å². The van der Waals surface area contributed by atoms with Crippen molar-refractivity contribution in [1.82, 2.24) is 0 Å². The van der Waals surface area contributed by atoms with E-state index in [4.69, 9.17) is 32.7 Å². The molecule has 3 nitrogen and oxygen atoms in total. The number of halogens is 2. The lowest BCUT2D eigenvalue weighted by Gasteiger charge is -2.09. The van der Waals surface area contributed by atoms with Crippen molar-refractivity contribution in [2.24, 2.45) is 0 Å². The number of benzene rings is 2. The lowest BCUT2D eigenvalue weighted by Crippen LogP contribution is -2.03. The number of rotatable bonds is 3. The van der Waals surface area contributed by atoms with Crippen LogP contribution in [-0.4, -0.2) is 19.5 Å². The summed E-state index contributed by atoms with van der Waals surface area (Å²) in [5.41, 5.74) is 1.97. The van der Waals surface area contributed by atoms with Gasteiger partial charge < -0.3 is 9.47 Å². The number of methoxy groups -OCH3 is 1. The summed E-state index contributed by atoms with van der Waals surface area (Å²) in [6, 6.07) is 8.48. The second-order valence-electron chi connectivity index (χ2n) is 4.72. The molecule has 1 aliphatic rings. The number of ether oxygens (including phenoxy) is 2. The predicted octanol–water partition coefficient (Wildman–Crippen LogP) is 4.17. The van der Waals surface area contributed by atoms with E-state index in [1.807, 2.05) is 12.1 Å². The van der Waals surface area contributed by atoms with Crippen molar-refractivity contribution in [3.63, 3.8) is 0 Å². The molecule has 108 valence electrons. The van der Waals surface area contributed by atoms with Gasteiger partial charge in [0, 0.05) is 23.6 Å². The van der Waals surface area contributed by atoms with E-state index in [2.05, 4.69) is 0 Å². The standard InChI is InChI=1S/C16H12Cl2O3/c1-20-15-8-12(17)11(7-13(15)18)16(19)10-2-3-14-9(6-10)4-5-21-14/h2-3,6-8H,4-5H2,1H3. The summed E-state index contributed by atoms with van der Waals surface area (Å²) in [6.45, 7) is 0.655. The van der Waals surface area contributed by atoms with Gasteiger partial charge in [-0.3, -0.25) is 4.79 Å². The van der Waals surface area contributed by atoms with E-state index in [1.54, 1.807) is 12.1 Å². The van der Waals surface area contributed by atoms with E-state index in [-0.39, 0.29) is 5.78 Å². The van der Waals surface area contributed by atoms with Gasteiger partial charge >= 0.3 is 0 Å². The van der Waals surface area contributed by atoms with Gasteiger partial charge in [-0.05, 0) is 29.8 Å². The van der Waals surface area contributed by atoms with Crippen LogP contribution in [-0.2, 0) is 6.42 Å². The van der Waals surface area contributed by atoms with Crippen LogP contribution in [0.25, 0.3) is 0 Å². The minimum absolute atomic E-state index is 0.167. The topological polar surface area (TPSA) is 35.5 Å².